The smallest absolute Gasteiger partial charge is 0.0994 e. The predicted octanol–water partition coefficient (Wildman–Crippen LogP) is 10.2. The van der Waals surface area contributed by atoms with Crippen molar-refractivity contribution in [1.82, 2.24) is 0 Å². The second kappa shape index (κ2) is 15.7. The highest BCUT2D eigenvalue weighted by molar-refractivity contribution is 5.41. The van der Waals surface area contributed by atoms with Crippen LogP contribution in [-0.2, 0) is 12.8 Å². The molecule has 2 aliphatic carbocycles. The zero-order chi connectivity index (χ0) is 24.0. The molecule has 0 radical (unpaired) electrons. The third-order valence-corrected chi connectivity index (χ3v) is 9.32. The summed E-state index contributed by atoms with van der Waals surface area (Å²) in [7, 11) is 0. The van der Waals surface area contributed by atoms with E-state index < -0.39 is 0 Å². The normalized spacial score (nSPS) is 25.2. The molecule has 34 heavy (non-hydrogen) atoms. The van der Waals surface area contributed by atoms with Crippen molar-refractivity contribution >= 4 is 0 Å². The predicted molar refractivity (Wildman–Crippen MR) is 147 cm³/mol. The third-order valence-electron chi connectivity index (χ3n) is 9.32. The van der Waals surface area contributed by atoms with Gasteiger partial charge >= 0.3 is 0 Å². The molecule has 0 bridgehead atoms. The number of hydrogen-bond acceptors (Lipinski definition) is 1. The van der Waals surface area contributed by atoms with Gasteiger partial charge in [0.1, 0.15) is 0 Å². The van der Waals surface area contributed by atoms with Crippen molar-refractivity contribution in [1.29, 1.82) is 5.26 Å². The van der Waals surface area contributed by atoms with E-state index >= 15 is 0 Å². The minimum Gasteiger partial charge on any atom is -0.192 e. The number of aryl methyl sites for hydroxylation is 2. The van der Waals surface area contributed by atoms with Crippen molar-refractivity contribution in [3.05, 3.63) is 34.9 Å². The molecule has 1 heteroatoms. The summed E-state index contributed by atoms with van der Waals surface area (Å²) in [5.41, 5.74) is 3.63. The Balaban J connectivity index is 1.36. The fourth-order valence-corrected chi connectivity index (χ4v) is 6.82. The molecule has 3 rings (SSSR count). The molecule has 2 saturated carbocycles. The molecular formula is C33H53N. The maximum Gasteiger partial charge on any atom is 0.0994 e. The third kappa shape index (κ3) is 9.40. The molecule has 0 spiro atoms. The molecule has 0 aromatic heterocycles. The molecule has 0 aliphatic heterocycles. The fraction of sp³-hybridized carbons (Fsp3) is 0.788. The van der Waals surface area contributed by atoms with Crippen LogP contribution < -0.4 is 0 Å². The lowest BCUT2D eigenvalue weighted by atomic mass is 9.77. The summed E-state index contributed by atoms with van der Waals surface area (Å²) in [4.78, 5) is 0. The first-order valence-corrected chi connectivity index (χ1v) is 15.2. The Bertz CT molecular complexity index is 713. The van der Waals surface area contributed by atoms with E-state index in [1.807, 2.05) is 0 Å². The Hall–Kier alpha value is -1.29. The van der Waals surface area contributed by atoms with Crippen molar-refractivity contribution in [3.8, 4) is 6.07 Å². The fourth-order valence-electron chi connectivity index (χ4n) is 6.82. The highest BCUT2D eigenvalue weighted by Crippen LogP contribution is 2.36. The minimum atomic E-state index is 0.880. The van der Waals surface area contributed by atoms with Crippen molar-refractivity contribution in [2.75, 3.05) is 0 Å². The van der Waals surface area contributed by atoms with Crippen LogP contribution in [0.5, 0.6) is 0 Å². The number of unbranched alkanes of at least 4 members (excludes halogenated alkanes) is 4. The van der Waals surface area contributed by atoms with Crippen molar-refractivity contribution in [2.24, 2.45) is 23.7 Å². The molecule has 1 nitrogen and oxygen atoms in total. The van der Waals surface area contributed by atoms with Gasteiger partial charge in [0.25, 0.3) is 0 Å². The number of benzene rings is 1. The summed E-state index contributed by atoms with van der Waals surface area (Å²) >= 11 is 0. The topological polar surface area (TPSA) is 23.8 Å². The van der Waals surface area contributed by atoms with Gasteiger partial charge in [-0.05, 0) is 66.5 Å². The van der Waals surface area contributed by atoms with Crippen LogP contribution >= 0.6 is 0 Å². The Morgan fingerprint density at radius 3 is 1.59 bits per heavy atom. The maximum atomic E-state index is 9.80. The summed E-state index contributed by atoms with van der Waals surface area (Å²) in [5.74, 6) is 3.78. The molecule has 0 heterocycles. The average Bonchev–Trinajstić information content (AvgIpc) is 2.88. The number of hydrogen-bond donors (Lipinski definition) is 0. The Morgan fingerprint density at radius 1 is 0.647 bits per heavy atom. The summed E-state index contributed by atoms with van der Waals surface area (Å²) in [6, 6.07) is 9.36. The van der Waals surface area contributed by atoms with Gasteiger partial charge in [0.2, 0.25) is 0 Å². The van der Waals surface area contributed by atoms with Crippen LogP contribution in [0.3, 0.4) is 0 Å². The average molecular weight is 464 g/mol. The Labute approximate surface area is 212 Å². The molecule has 1 aromatic rings. The second-order valence-electron chi connectivity index (χ2n) is 11.9. The SMILES string of the molecule is CCCCC[C@H]1CC[C@H](CCc2ccc(CC[C@H]3CC[C@H](CCCCC)CC3)c(C#N)c2)CC1. The molecule has 190 valence electrons. The molecule has 0 saturated heterocycles. The zero-order valence-electron chi connectivity index (χ0n) is 22.6. The lowest BCUT2D eigenvalue weighted by molar-refractivity contribution is 0.249. The summed E-state index contributed by atoms with van der Waals surface area (Å²) in [6.45, 7) is 4.61. The van der Waals surface area contributed by atoms with Crippen LogP contribution in [0.15, 0.2) is 18.2 Å². The molecule has 0 N–H and O–H groups in total. The summed E-state index contributed by atoms with van der Waals surface area (Å²) in [5, 5.41) is 9.80. The van der Waals surface area contributed by atoms with Crippen LogP contribution in [0.1, 0.15) is 146 Å². The van der Waals surface area contributed by atoms with Gasteiger partial charge in [-0.2, -0.15) is 5.26 Å². The van der Waals surface area contributed by atoms with Gasteiger partial charge in [0.05, 0.1) is 11.6 Å². The quantitative estimate of drug-likeness (QED) is 0.252. The first-order chi connectivity index (χ1) is 16.7. The lowest BCUT2D eigenvalue weighted by Gasteiger charge is -2.29. The van der Waals surface area contributed by atoms with Crippen molar-refractivity contribution < 1.29 is 0 Å². The molecule has 2 fully saturated rings. The van der Waals surface area contributed by atoms with Gasteiger partial charge in [0, 0.05) is 0 Å². The van der Waals surface area contributed by atoms with Gasteiger partial charge in [-0.3, -0.25) is 0 Å². The Kier molecular flexibility index (Phi) is 12.6. The van der Waals surface area contributed by atoms with Gasteiger partial charge in [-0.1, -0.05) is 129 Å². The van der Waals surface area contributed by atoms with E-state index in [9.17, 15) is 5.26 Å². The highest BCUT2D eigenvalue weighted by atomic mass is 14.3. The van der Waals surface area contributed by atoms with Crippen molar-refractivity contribution in [2.45, 2.75) is 142 Å². The van der Waals surface area contributed by atoms with E-state index in [1.165, 1.54) is 127 Å². The standard InChI is InChI=1S/C33H53N/c1-3-5-7-9-27-11-15-29(16-12-27)19-20-31-22-24-32(33(25-31)26-34)23-21-30-17-13-28(14-18-30)10-8-6-4-2/h22,24-25,27-30H,3-21,23H2,1-2H3/t27-,28-,29-,30-. The maximum absolute atomic E-state index is 9.80. The van der Waals surface area contributed by atoms with E-state index in [0.717, 1.165) is 42.1 Å². The van der Waals surface area contributed by atoms with Gasteiger partial charge < -0.3 is 0 Å². The van der Waals surface area contributed by atoms with E-state index in [0.29, 0.717) is 0 Å². The van der Waals surface area contributed by atoms with Crippen molar-refractivity contribution in [3.63, 3.8) is 0 Å². The number of nitrogens with zero attached hydrogens (tertiary/aromatic N) is 1. The monoisotopic (exact) mass is 463 g/mol. The highest BCUT2D eigenvalue weighted by Gasteiger charge is 2.22. The first kappa shape index (κ1) is 27.3. The largest absolute Gasteiger partial charge is 0.192 e. The molecule has 0 atom stereocenters. The Morgan fingerprint density at radius 2 is 1.12 bits per heavy atom. The van der Waals surface area contributed by atoms with Gasteiger partial charge in [-0.15, -0.1) is 0 Å². The van der Waals surface area contributed by atoms with E-state index in [2.05, 4.69) is 38.1 Å². The minimum absolute atomic E-state index is 0.880. The molecule has 0 amide bonds. The van der Waals surface area contributed by atoms with Crippen LogP contribution in [-0.4, -0.2) is 0 Å². The van der Waals surface area contributed by atoms with Crippen LogP contribution in [0.2, 0.25) is 0 Å². The molecule has 0 unspecified atom stereocenters. The summed E-state index contributed by atoms with van der Waals surface area (Å²) < 4.78 is 0. The van der Waals surface area contributed by atoms with E-state index in [4.69, 9.17) is 0 Å². The number of nitriles is 1. The van der Waals surface area contributed by atoms with Gasteiger partial charge in [0.15, 0.2) is 0 Å². The van der Waals surface area contributed by atoms with Gasteiger partial charge in [-0.25, -0.2) is 0 Å². The van der Waals surface area contributed by atoms with E-state index in [-0.39, 0.29) is 0 Å². The van der Waals surface area contributed by atoms with Crippen LogP contribution in [0.25, 0.3) is 0 Å². The van der Waals surface area contributed by atoms with Crippen LogP contribution in [0.4, 0.5) is 0 Å². The summed E-state index contributed by atoms with van der Waals surface area (Å²) in [6.07, 6.45) is 27.6. The lowest BCUT2D eigenvalue weighted by Crippen LogP contribution is -2.15. The van der Waals surface area contributed by atoms with Crippen LogP contribution in [0, 0.1) is 35.0 Å². The zero-order valence-corrected chi connectivity index (χ0v) is 22.6. The number of rotatable bonds is 14. The van der Waals surface area contributed by atoms with E-state index in [1.54, 1.807) is 0 Å². The molecule has 2 aliphatic rings. The second-order valence-corrected chi connectivity index (χ2v) is 11.9. The molecular weight excluding hydrogens is 410 g/mol. The molecule has 1 aromatic carbocycles. The first-order valence-electron chi connectivity index (χ1n) is 15.2.